The highest BCUT2D eigenvalue weighted by Crippen LogP contribution is 2.57. The van der Waals surface area contributed by atoms with Crippen molar-refractivity contribution in [2.45, 2.75) is 69.6 Å². The number of nitrogens with zero attached hydrogens (tertiary/aromatic N) is 1. The molecule has 6 aliphatic rings. The fourth-order valence-electron chi connectivity index (χ4n) is 6.38. The maximum Gasteiger partial charge on any atom is 0.308 e. The summed E-state index contributed by atoms with van der Waals surface area (Å²) in [5.74, 6) is -0.852. The Hall–Kier alpha value is -2.38. The van der Waals surface area contributed by atoms with Crippen LogP contribution in [-0.2, 0) is 19.1 Å². The zero-order chi connectivity index (χ0) is 20.2. The largest absolute Gasteiger partial charge is 0.507 e. The van der Waals surface area contributed by atoms with Crippen molar-refractivity contribution in [2.24, 2.45) is 5.92 Å². The Morgan fingerprint density at radius 1 is 1.28 bits per heavy atom. The number of fused-ring (bicyclic) bond motifs is 6. The molecule has 0 saturated carbocycles. The van der Waals surface area contributed by atoms with E-state index in [9.17, 15) is 19.8 Å². The van der Waals surface area contributed by atoms with Crippen LogP contribution in [0.15, 0.2) is 45.9 Å². The summed E-state index contributed by atoms with van der Waals surface area (Å²) in [7, 11) is 0. The predicted molar refractivity (Wildman–Crippen MR) is 101 cm³/mol. The van der Waals surface area contributed by atoms with Crippen molar-refractivity contribution in [3.8, 4) is 0 Å². The van der Waals surface area contributed by atoms with Gasteiger partial charge in [0.15, 0.2) is 5.78 Å². The average Bonchev–Trinajstić information content (AvgIpc) is 3.32. The van der Waals surface area contributed by atoms with Crippen molar-refractivity contribution in [3.05, 3.63) is 45.9 Å². The lowest BCUT2D eigenvalue weighted by atomic mass is 9.68. The SMILES string of the molecule is CC1OC2CC(=O)OC2C2C1=C(O)C1=C3C(=C4CCC(C(C)O)N4C32)C=CC1=O. The molecular weight excluding hydrogens is 374 g/mol. The molecule has 3 fully saturated rings. The van der Waals surface area contributed by atoms with Crippen molar-refractivity contribution in [2.75, 3.05) is 0 Å². The fourth-order valence-corrected chi connectivity index (χ4v) is 6.38. The van der Waals surface area contributed by atoms with Gasteiger partial charge in [0, 0.05) is 11.3 Å². The van der Waals surface area contributed by atoms with Crippen LogP contribution in [0.4, 0.5) is 0 Å². The molecule has 3 saturated heterocycles. The van der Waals surface area contributed by atoms with Gasteiger partial charge in [-0.25, -0.2) is 0 Å². The summed E-state index contributed by atoms with van der Waals surface area (Å²) in [4.78, 5) is 27.1. The molecule has 0 aromatic carbocycles. The van der Waals surface area contributed by atoms with Crippen LogP contribution < -0.4 is 0 Å². The highest BCUT2D eigenvalue weighted by molar-refractivity contribution is 6.11. The number of carbonyl (C=O) groups is 2. The van der Waals surface area contributed by atoms with E-state index < -0.39 is 18.3 Å². The van der Waals surface area contributed by atoms with Gasteiger partial charge in [0.25, 0.3) is 0 Å². The summed E-state index contributed by atoms with van der Waals surface area (Å²) in [6.45, 7) is 3.64. The molecule has 7 heteroatoms. The van der Waals surface area contributed by atoms with Crippen LogP contribution in [0.2, 0.25) is 0 Å². The number of ether oxygens (including phenoxy) is 2. The molecular formula is C22H23NO6. The second kappa shape index (κ2) is 5.61. The van der Waals surface area contributed by atoms with Gasteiger partial charge in [-0.15, -0.1) is 0 Å². The summed E-state index contributed by atoms with van der Waals surface area (Å²) >= 11 is 0. The molecule has 0 bridgehead atoms. The Morgan fingerprint density at radius 3 is 2.83 bits per heavy atom. The van der Waals surface area contributed by atoms with Gasteiger partial charge in [0.05, 0.1) is 42.2 Å². The number of esters is 1. The Kier molecular flexibility index (Phi) is 3.38. The molecule has 7 atom stereocenters. The van der Waals surface area contributed by atoms with Crippen LogP contribution >= 0.6 is 0 Å². The lowest BCUT2D eigenvalue weighted by molar-refractivity contribution is -0.148. The number of rotatable bonds is 1. The zero-order valence-electron chi connectivity index (χ0n) is 16.3. The molecule has 7 nitrogen and oxygen atoms in total. The minimum atomic E-state index is -0.542. The van der Waals surface area contributed by atoms with E-state index in [1.165, 1.54) is 6.08 Å². The Morgan fingerprint density at radius 2 is 2.07 bits per heavy atom. The number of carbonyl (C=O) groups excluding carboxylic acids is 2. The van der Waals surface area contributed by atoms with E-state index in [4.69, 9.17) is 9.47 Å². The zero-order valence-corrected chi connectivity index (χ0v) is 16.3. The second-order valence-electron chi connectivity index (χ2n) is 8.85. The maximum atomic E-state index is 12.8. The summed E-state index contributed by atoms with van der Waals surface area (Å²) in [5, 5.41) is 21.7. The van der Waals surface area contributed by atoms with Crippen LogP contribution in [0.25, 0.3) is 0 Å². The fraction of sp³-hybridized carbons (Fsp3) is 0.545. The van der Waals surface area contributed by atoms with E-state index in [1.54, 1.807) is 6.92 Å². The van der Waals surface area contributed by atoms with Crippen LogP contribution in [0, 0.1) is 5.92 Å². The summed E-state index contributed by atoms with van der Waals surface area (Å²) < 4.78 is 11.7. The third kappa shape index (κ3) is 2.04. The summed E-state index contributed by atoms with van der Waals surface area (Å²) in [5.41, 5.74) is 3.86. The number of allylic oxidation sites excluding steroid dienone is 4. The Balaban J connectivity index is 1.60. The first-order valence-corrected chi connectivity index (χ1v) is 10.3. The van der Waals surface area contributed by atoms with Gasteiger partial charge in [0.2, 0.25) is 0 Å². The molecule has 4 aliphatic heterocycles. The first kappa shape index (κ1) is 17.5. The van der Waals surface area contributed by atoms with E-state index >= 15 is 0 Å². The van der Waals surface area contributed by atoms with E-state index in [-0.39, 0.29) is 48.0 Å². The normalized spacial score (nSPS) is 40.9. The molecule has 0 spiro atoms. The number of hydrogen-bond acceptors (Lipinski definition) is 7. The monoisotopic (exact) mass is 397 g/mol. The number of aliphatic hydroxyl groups is 2. The predicted octanol–water partition coefficient (Wildman–Crippen LogP) is 1.45. The minimum absolute atomic E-state index is 0.0302. The first-order valence-electron chi connectivity index (χ1n) is 10.3. The van der Waals surface area contributed by atoms with Crippen LogP contribution in [-0.4, -0.2) is 63.4 Å². The van der Waals surface area contributed by atoms with E-state index in [0.29, 0.717) is 11.1 Å². The van der Waals surface area contributed by atoms with Crippen molar-refractivity contribution in [1.82, 2.24) is 4.90 Å². The van der Waals surface area contributed by atoms with E-state index in [1.807, 2.05) is 13.0 Å². The lowest BCUT2D eigenvalue weighted by Gasteiger charge is -2.48. The lowest BCUT2D eigenvalue weighted by Crippen LogP contribution is -2.56. The standard InChI is InChI=1S/C22H23NO6/c1-8(24)11-4-5-12-10-3-6-13(25)18-17(10)20(23(11)12)19-16(21(18)27)9(2)28-14-7-15(26)29-22(14)19/h3,6,8-9,11,14,19-20,22,24,27H,4-5,7H2,1-2H3. The molecule has 6 rings (SSSR count). The Bertz CT molecular complexity index is 985. The molecule has 2 N–H and O–H groups in total. The quantitative estimate of drug-likeness (QED) is 0.647. The third-order valence-corrected chi connectivity index (χ3v) is 7.40. The van der Waals surface area contributed by atoms with Crippen molar-refractivity contribution < 1.29 is 29.3 Å². The maximum absolute atomic E-state index is 12.8. The number of aliphatic hydroxyl groups excluding tert-OH is 2. The molecule has 0 aromatic rings. The van der Waals surface area contributed by atoms with Gasteiger partial charge >= 0.3 is 5.97 Å². The van der Waals surface area contributed by atoms with Gasteiger partial charge in [-0.3, -0.25) is 9.59 Å². The third-order valence-electron chi connectivity index (χ3n) is 7.40. The number of ketones is 1. The second-order valence-corrected chi connectivity index (χ2v) is 8.85. The van der Waals surface area contributed by atoms with Crippen molar-refractivity contribution >= 4 is 11.8 Å². The van der Waals surface area contributed by atoms with Gasteiger partial charge in [0.1, 0.15) is 18.0 Å². The summed E-state index contributed by atoms with van der Waals surface area (Å²) in [6.07, 6.45) is 3.35. The molecule has 4 heterocycles. The van der Waals surface area contributed by atoms with Gasteiger partial charge in [-0.2, -0.15) is 0 Å². The van der Waals surface area contributed by atoms with Crippen LogP contribution in [0.3, 0.4) is 0 Å². The number of hydrogen-bond donors (Lipinski definition) is 2. The van der Waals surface area contributed by atoms with Crippen LogP contribution in [0.1, 0.15) is 33.1 Å². The highest BCUT2D eigenvalue weighted by Gasteiger charge is 2.60. The first-order chi connectivity index (χ1) is 13.9. The minimum Gasteiger partial charge on any atom is -0.507 e. The Labute approximate surface area is 168 Å². The topological polar surface area (TPSA) is 96.3 Å². The molecule has 2 aliphatic carbocycles. The highest BCUT2D eigenvalue weighted by atomic mass is 16.6. The molecule has 0 aromatic heterocycles. The van der Waals surface area contributed by atoms with Gasteiger partial charge < -0.3 is 24.6 Å². The van der Waals surface area contributed by atoms with Crippen molar-refractivity contribution in [3.63, 3.8) is 0 Å². The van der Waals surface area contributed by atoms with E-state index in [2.05, 4.69) is 4.90 Å². The smallest absolute Gasteiger partial charge is 0.308 e. The average molecular weight is 397 g/mol. The molecule has 0 radical (unpaired) electrons. The molecule has 7 unspecified atom stereocenters. The summed E-state index contributed by atoms with van der Waals surface area (Å²) in [6, 6.07) is -0.331. The van der Waals surface area contributed by atoms with Gasteiger partial charge in [-0.1, -0.05) is 0 Å². The van der Waals surface area contributed by atoms with E-state index in [0.717, 1.165) is 29.7 Å². The molecule has 152 valence electrons. The van der Waals surface area contributed by atoms with Crippen LogP contribution in [0.5, 0.6) is 0 Å². The molecule has 0 amide bonds. The van der Waals surface area contributed by atoms with Gasteiger partial charge in [-0.05, 0) is 50.0 Å². The molecule has 29 heavy (non-hydrogen) atoms. The van der Waals surface area contributed by atoms with Crippen molar-refractivity contribution in [1.29, 1.82) is 0 Å².